The molecule has 0 aromatic heterocycles. The third-order valence-corrected chi connectivity index (χ3v) is 2.44. The number of benzene rings is 1. The third-order valence-electron chi connectivity index (χ3n) is 2.44. The molecule has 0 heterocycles. The van der Waals surface area contributed by atoms with E-state index in [1.807, 2.05) is 0 Å². The Hall–Kier alpha value is -1.16. The largest absolute Gasteiger partial charge is 0.435 e. The first-order chi connectivity index (χ1) is 7.22. The molecular formula is C11H11F2O2. The Morgan fingerprint density at radius 1 is 1.40 bits per heavy atom. The molecule has 0 amide bonds. The standard InChI is InChI=1S/C11H11F2O2/c12-11(13)15-9-3-1-2-8(6-14)10(9)7-4-5-7/h1-3,6-7,11,14H,4-5H2. The summed E-state index contributed by atoms with van der Waals surface area (Å²) < 4.78 is 28.7. The van der Waals surface area contributed by atoms with Crippen molar-refractivity contribution in [1.29, 1.82) is 0 Å². The van der Waals surface area contributed by atoms with E-state index in [0.717, 1.165) is 19.4 Å². The predicted octanol–water partition coefficient (Wildman–Crippen LogP) is 3.05. The maximum atomic E-state index is 12.1. The molecule has 1 aliphatic rings. The number of aliphatic hydroxyl groups is 1. The van der Waals surface area contributed by atoms with E-state index >= 15 is 0 Å². The number of halogens is 2. The second-order valence-corrected chi connectivity index (χ2v) is 3.54. The van der Waals surface area contributed by atoms with Crippen molar-refractivity contribution in [3.63, 3.8) is 0 Å². The van der Waals surface area contributed by atoms with E-state index in [0.29, 0.717) is 11.1 Å². The Morgan fingerprint density at radius 3 is 2.67 bits per heavy atom. The number of hydrogen-bond donors (Lipinski definition) is 1. The van der Waals surface area contributed by atoms with Crippen LogP contribution in [-0.2, 0) is 0 Å². The fraction of sp³-hybridized carbons (Fsp3) is 0.364. The van der Waals surface area contributed by atoms with Crippen molar-refractivity contribution in [2.24, 2.45) is 0 Å². The Morgan fingerprint density at radius 2 is 2.13 bits per heavy atom. The molecule has 1 radical (unpaired) electrons. The van der Waals surface area contributed by atoms with Crippen molar-refractivity contribution in [3.8, 4) is 5.75 Å². The molecule has 1 fully saturated rings. The summed E-state index contributed by atoms with van der Waals surface area (Å²) >= 11 is 0. The zero-order chi connectivity index (χ0) is 10.8. The summed E-state index contributed by atoms with van der Waals surface area (Å²) in [5.41, 5.74) is 1.26. The summed E-state index contributed by atoms with van der Waals surface area (Å²) in [5, 5.41) is 8.99. The highest BCUT2D eigenvalue weighted by Crippen LogP contribution is 2.46. The smallest absolute Gasteiger partial charge is 0.387 e. The van der Waals surface area contributed by atoms with Gasteiger partial charge in [-0.15, -0.1) is 0 Å². The third kappa shape index (κ3) is 2.26. The maximum Gasteiger partial charge on any atom is 0.387 e. The van der Waals surface area contributed by atoms with Crippen LogP contribution >= 0.6 is 0 Å². The molecule has 81 valence electrons. The lowest BCUT2D eigenvalue weighted by Gasteiger charge is -2.12. The molecule has 15 heavy (non-hydrogen) atoms. The minimum Gasteiger partial charge on any atom is -0.435 e. The lowest BCUT2D eigenvalue weighted by atomic mass is 10.0. The van der Waals surface area contributed by atoms with Crippen molar-refractivity contribution in [2.45, 2.75) is 25.4 Å². The van der Waals surface area contributed by atoms with Gasteiger partial charge in [0.25, 0.3) is 0 Å². The Labute approximate surface area is 86.5 Å². The number of aliphatic hydroxyl groups excluding tert-OH is 1. The van der Waals surface area contributed by atoms with Crippen molar-refractivity contribution >= 4 is 0 Å². The van der Waals surface area contributed by atoms with Crippen molar-refractivity contribution in [1.82, 2.24) is 0 Å². The van der Waals surface area contributed by atoms with Gasteiger partial charge < -0.3 is 9.84 Å². The summed E-state index contributed by atoms with van der Waals surface area (Å²) in [6.07, 6.45) is 1.93. The van der Waals surface area contributed by atoms with Crippen LogP contribution in [0.2, 0.25) is 0 Å². The summed E-state index contributed by atoms with van der Waals surface area (Å²) in [6.45, 7) is -1.89. The van der Waals surface area contributed by atoms with Gasteiger partial charge in [-0.05, 0) is 30.4 Å². The molecule has 0 aliphatic heterocycles. The Kier molecular flexibility index (Phi) is 2.86. The zero-order valence-corrected chi connectivity index (χ0v) is 7.99. The average Bonchev–Trinajstić information content (AvgIpc) is 3.00. The van der Waals surface area contributed by atoms with Gasteiger partial charge in [-0.2, -0.15) is 8.78 Å². The van der Waals surface area contributed by atoms with Crippen molar-refractivity contribution < 1.29 is 18.6 Å². The number of alkyl halides is 2. The SMILES string of the molecule is O[CH]c1cccc(OC(F)F)c1C1CC1. The monoisotopic (exact) mass is 213 g/mol. The van der Waals surface area contributed by atoms with Crippen molar-refractivity contribution in [2.75, 3.05) is 0 Å². The van der Waals surface area contributed by atoms with Gasteiger partial charge in [-0.3, -0.25) is 0 Å². The lowest BCUT2D eigenvalue weighted by Crippen LogP contribution is -2.05. The van der Waals surface area contributed by atoms with E-state index in [1.54, 1.807) is 12.1 Å². The summed E-state index contributed by atoms with van der Waals surface area (Å²) in [5.74, 6) is 0.425. The molecule has 0 spiro atoms. The Bertz CT molecular complexity index is 348. The Balaban J connectivity index is 2.34. The van der Waals surface area contributed by atoms with Gasteiger partial charge in [0.1, 0.15) is 12.4 Å². The van der Waals surface area contributed by atoms with Gasteiger partial charge in [0, 0.05) is 5.56 Å². The number of ether oxygens (including phenoxy) is 1. The molecule has 2 nitrogen and oxygen atoms in total. The molecule has 0 unspecified atom stereocenters. The van der Waals surface area contributed by atoms with Crippen LogP contribution in [0.1, 0.15) is 29.9 Å². The first-order valence-electron chi connectivity index (χ1n) is 4.77. The molecule has 0 bridgehead atoms. The van der Waals surface area contributed by atoms with Crippen LogP contribution < -0.4 is 4.74 Å². The lowest BCUT2D eigenvalue weighted by molar-refractivity contribution is -0.0504. The van der Waals surface area contributed by atoms with Gasteiger partial charge in [-0.25, -0.2) is 0 Å². The minimum atomic E-state index is -2.82. The highest BCUT2D eigenvalue weighted by molar-refractivity contribution is 5.47. The highest BCUT2D eigenvalue weighted by atomic mass is 19.3. The summed E-state index contributed by atoms with van der Waals surface area (Å²) in [7, 11) is 0. The van der Waals surface area contributed by atoms with E-state index in [4.69, 9.17) is 5.11 Å². The van der Waals surface area contributed by atoms with Gasteiger partial charge in [0.15, 0.2) is 0 Å². The van der Waals surface area contributed by atoms with Crippen LogP contribution in [0.25, 0.3) is 0 Å². The van der Waals surface area contributed by atoms with Crippen molar-refractivity contribution in [3.05, 3.63) is 35.9 Å². The number of rotatable bonds is 4. The highest BCUT2D eigenvalue weighted by Gasteiger charge is 2.29. The van der Waals surface area contributed by atoms with Gasteiger partial charge >= 0.3 is 6.61 Å². The molecule has 1 N–H and O–H groups in total. The van der Waals surface area contributed by atoms with Gasteiger partial charge in [0.05, 0.1) is 0 Å². The van der Waals surface area contributed by atoms with E-state index < -0.39 is 6.61 Å². The molecule has 1 saturated carbocycles. The van der Waals surface area contributed by atoms with Crippen LogP contribution in [0.15, 0.2) is 18.2 Å². The minimum absolute atomic E-state index is 0.176. The summed E-state index contributed by atoms with van der Waals surface area (Å²) in [6, 6.07) is 4.78. The van der Waals surface area contributed by atoms with E-state index in [-0.39, 0.29) is 11.7 Å². The second kappa shape index (κ2) is 4.14. The molecule has 1 aromatic rings. The fourth-order valence-corrected chi connectivity index (χ4v) is 1.68. The van der Waals surface area contributed by atoms with E-state index in [2.05, 4.69) is 4.74 Å². The molecule has 1 aromatic carbocycles. The normalized spacial score (nSPS) is 15.7. The van der Waals surface area contributed by atoms with Gasteiger partial charge in [0.2, 0.25) is 0 Å². The topological polar surface area (TPSA) is 29.5 Å². The molecule has 1 aliphatic carbocycles. The van der Waals surface area contributed by atoms with Crippen LogP contribution in [-0.4, -0.2) is 11.7 Å². The zero-order valence-electron chi connectivity index (χ0n) is 7.99. The quantitative estimate of drug-likeness (QED) is 0.832. The molecule has 0 saturated heterocycles. The second-order valence-electron chi connectivity index (χ2n) is 3.54. The maximum absolute atomic E-state index is 12.1. The average molecular weight is 213 g/mol. The van der Waals surface area contributed by atoms with Crippen LogP contribution in [0.4, 0.5) is 8.78 Å². The summed E-state index contributed by atoms with van der Waals surface area (Å²) in [4.78, 5) is 0. The number of hydrogen-bond acceptors (Lipinski definition) is 2. The van der Waals surface area contributed by atoms with Crippen LogP contribution in [0.3, 0.4) is 0 Å². The molecule has 2 rings (SSSR count). The first-order valence-corrected chi connectivity index (χ1v) is 4.77. The van der Waals surface area contributed by atoms with Crippen LogP contribution in [0, 0.1) is 6.61 Å². The van der Waals surface area contributed by atoms with E-state index in [9.17, 15) is 8.78 Å². The molecule has 4 heteroatoms. The first kappa shape index (κ1) is 10.4. The predicted molar refractivity (Wildman–Crippen MR) is 50.4 cm³/mol. The van der Waals surface area contributed by atoms with E-state index in [1.165, 1.54) is 6.07 Å². The van der Waals surface area contributed by atoms with Gasteiger partial charge in [-0.1, -0.05) is 12.1 Å². The van der Waals surface area contributed by atoms with Crippen LogP contribution in [0.5, 0.6) is 5.75 Å². The fourth-order valence-electron chi connectivity index (χ4n) is 1.68. The molecular weight excluding hydrogens is 202 g/mol. The molecule has 0 atom stereocenters.